The van der Waals surface area contributed by atoms with Gasteiger partial charge in [-0.2, -0.15) is 21.0 Å². The maximum atomic E-state index is 9.58. The highest BCUT2D eigenvalue weighted by Crippen LogP contribution is 2.54. The van der Waals surface area contributed by atoms with Crippen LogP contribution < -0.4 is 0 Å². The highest BCUT2D eigenvalue weighted by molar-refractivity contribution is 6.14. The quantitative estimate of drug-likeness (QED) is 0.486. The van der Waals surface area contributed by atoms with Gasteiger partial charge < -0.3 is 0 Å². The van der Waals surface area contributed by atoms with Crippen LogP contribution in [-0.2, 0) is 0 Å². The highest BCUT2D eigenvalue weighted by Gasteiger charge is 2.35. The van der Waals surface area contributed by atoms with Gasteiger partial charge in [-0.25, -0.2) is 0 Å². The molecule has 0 bridgehead atoms. The third-order valence-corrected chi connectivity index (χ3v) is 5.84. The molecule has 5 rings (SSSR count). The van der Waals surface area contributed by atoms with E-state index < -0.39 is 0 Å². The monoisotopic (exact) mass is 380 g/mol. The second-order valence-electron chi connectivity index (χ2n) is 7.25. The largest absolute Gasteiger partial charge is 0.192 e. The van der Waals surface area contributed by atoms with E-state index >= 15 is 0 Å². The number of nitrogens with zero attached hydrogens (tertiary/aromatic N) is 4. The van der Waals surface area contributed by atoms with Crippen LogP contribution in [-0.4, -0.2) is 0 Å². The van der Waals surface area contributed by atoms with E-state index in [-0.39, 0.29) is 11.1 Å². The van der Waals surface area contributed by atoms with Gasteiger partial charge in [0.1, 0.15) is 35.4 Å². The van der Waals surface area contributed by atoms with Gasteiger partial charge in [-0.1, -0.05) is 36.4 Å². The molecular formula is C26H12N4. The van der Waals surface area contributed by atoms with Crippen molar-refractivity contribution < 1.29 is 0 Å². The summed E-state index contributed by atoms with van der Waals surface area (Å²) in [6, 6.07) is 19.9. The normalized spacial score (nSPS) is 14.5. The standard InChI is InChI=1S/C26H12N4/c27-11-15(12-28)25-19-7-3-1-5-17(19)21-9-24-22(10-23(21)25)18-6-2-4-8-20(18)26(24)16(13-29)14-30/h1,3,5-10H,2,4H2. The maximum Gasteiger partial charge on any atom is 0.138 e. The lowest BCUT2D eigenvalue weighted by Gasteiger charge is -2.09. The van der Waals surface area contributed by atoms with E-state index in [2.05, 4.69) is 24.3 Å². The average Bonchev–Trinajstić information content (AvgIpc) is 3.28. The molecule has 0 aliphatic heterocycles. The predicted octanol–water partition coefficient (Wildman–Crippen LogP) is 5.43. The first-order valence-corrected chi connectivity index (χ1v) is 9.52. The lowest BCUT2D eigenvalue weighted by molar-refractivity contribution is 1.03. The Balaban J connectivity index is 1.92. The molecule has 0 saturated heterocycles. The molecule has 4 nitrogen and oxygen atoms in total. The topological polar surface area (TPSA) is 95.2 Å². The van der Waals surface area contributed by atoms with Crippen molar-refractivity contribution in [2.75, 3.05) is 0 Å². The Hall–Kier alpha value is -4.64. The van der Waals surface area contributed by atoms with Gasteiger partial charge in [-0.3, -0.25) is 0 Å². The fourth-order valence-corrected chi connectivity index (χ4v) is 4.66. The molecule has 0 N–H and O–H groups in total. The zero-order valence-corrected chi connectivity index (χ0v) is 15.8. The molecule has 30 heavy (non-hydrogen) atoms. The minimum Gasteiger partial charge on any atom is -0.192 e. The van der Waals surface area contributed by atoms with E-state index in [1.807, 2.05) is 48.5 Å². The van der Waals surface area contributed by atoms with Gasteiger partial charge in [0.15, 0.2) is 0 Å². The molecule has 0 atom stereocenters. The summed E-state index contributed by atoms with van der Waals surface area (Å²) in [7, 11) is 0. The smallest absolute Gasteiger partial charge is 0.138 e. The second kappa shape index (κ2) is 6.46. The Morgan fingerprint density at radius 1 is 0.567 bits per heavy atom. The van der Waals surface area contributed by atoms with Gasteiger partial charge in [0.25, 0.3) is 0 Å². The second-order valence-corrected chi connectivity index (χ2v) is 7.25. The van der Waals surface area contributed by atoms with Crippen LogP contribution in [0.15, 0.2) is 65.3 Å². The zero-order valence-electron chi connectivity index (χ0n) is 15.8. The van der Waals surface area contributed by atoms with E-state index in [1.54, 1.807) is 0 Å². The van der Waals surface area contributed by atoms with Gasteiger partial charge >= 0.3 is 0 Å². The van der Waals surface area contributed by atoms with Crippen LogP contribution >= 0.6 is 0 Å². The number of allylic oxidation sites excluding steroid dienone is 7. The fourth-order valence-electron chi connectivity index (χ4n) is 4.66. The Bertz CT molecular complexity index is 1430. The Labute approximate surface area is 173 Å². The van der Waals surface area contributed by atoms with Crippen molar-refractivity contribution in [1.82, 2.24) is 0 Å². The van der Waals surface area contributed by atoms with Crippen molar-refractivity contribution >= 4 is 16.7 Å². The first-order valence-electron chi connectivity index (χ1n) is 9.52. The molecule has 0 amide bonds. The summed E-state index contributed by atoms with van der Waals surface area (Å²) < 4.78 is 0. The van der Waals surface area contributed by atoms with E-state index in [9.17, 15) is 21.0 Å². The maximum absolute atomic E-state index is 9.58. The average molecular weight is 380 g/mol. The van der Waals surface area contributed by atoms with Crippen LogP contribution in [0.5, 0.6) is 0 Å². The third kappa shape index (κ3) is 2.17. The van der Waals surface area contributed by atoms with Crippen molar-refractivity contribution in [3.63, 3.8) is 0 Å². The summed E-state index contributed by atoms with van der Waals surface area (Å²) in [5.74, 6) is 0. The molecule has 4 heteroatoms. The minimum atomic E-state index is 0.0815. The molecule has 0 fully saturated rings. The lowest BCUT2D eigenvalue weighted by Crippen LogP contribution is -1.91. The number of nitriles is 4. The summed E-state index contributed by atoms with van der Waals surface area (Å²) in [6.07, 6.45) is 5.98. The fraction of sp³-hybridized carbons (Fsp3) is 0.0769. The molecule has 2 aromatic carbocycles. The van der Waals surface area contributed by atoms with Crippen molar-refractivity contribution in [2.45, 2.75) is 12.8 Å². The predicted molar refractivity (Wildman–Crippen MR) is 113 cm³/mol. The molecule has 3 aliphatic carbocycles. The minimum absolute atomic E-state index is 0.0815. The Morgan fingerprint density at radius 2 is 1.10 bits per heavy atom. The molecule has 0 saturated carbocycles. The van der Waals surface area contributed by atoms with Crippen LogP contribution in [0, 0.1) is 45.3 Å². The van der Waals surface area contributed by atoms with Crippen LogP contribution in [0.3, 0.4) is 0 Å². The first-order chi connectivity index (χ1) is 14.7. The van der Waals surface area contributed by atoms with Crippen LogP contribution in [0.1, 0.15) is 35.1 Å². The summed E-state index contributed by atoms with van der Waals surface area (Å²) in [5.41, 5.74) is 8.81. The van der Waals surface area contributed by atoms with Crippen molar-refractivity contribution in [1.29, 1.82) is 21.0 Å². The Morgan fingerprint density at radius 3 is 1.77 bits per heavy atom. The number of hydrogen-bond donors (Lipinski definition) is 0. The first kappa shape index (κ1) is 17.5. The molecule has 0 spiro atoms. The van der Waals surface area contributed by atoms with Crippen molar-refractivity contribution in [2.24, 2.45) is 0 Å². The summed E-state index contributed by atoms with van der Waals surface area (Å²) in [5, 5.41) is 38.3. The SMILES string of the molecule is N#CC(C#N)=C1C2=CCCC=C2c2cc3c(cc21)-c1ccccc1C3=C(C#N)C#N. The number of fused-ring (bicyclic) bond motifs is 6. The van der Waals surface area contributed by atoms with E-state index in [4.69, 9.17) is 0 Å². The Kier molecular flexibility index (Phi) is 3.76. The van der Waals surface area contributed by atoms with Crippen LogP contribution in [0.25, 0.3) is 27.8 Å². The molecule has 0 heterocycles. The summed E-state index contributed by atoms with van der Waals surface area (Å²) in [6.45, 7) is 0. The van der Waals surface area contributed by atoms with Crippen LogP contribution in [0.2, 0.25) is 0 Å². The van der Waals surface area contributed by atoms with E-state index in [0.29, 0.717) is 11.1 Å². The van der Waals surface area contributed by atoms with E-state index in [0.717, 1.165) is 57.4 Å². The summed E-state index contributed by atoms with van der Waals surface area (Å²) in [4.78, 5) is 0. The number of rotatable bonds is 0. The molecule has 0 aromatic heterocycles. The van der Waals surface area contributed by atoms with Gasteiger partial charge in [0.2, 0.25) is 0 Å². The number of benzene rings is 2. The van der Waals surface area contributed by atoms with Crippen molar-refractivity contribution in [3.8, 4) is 35.4 Å². The van der Waals surface area contributed by atoms with Gasteiger partial charge in [0.05, 0.1) is 0 Å². The third-order valence-electron chi connectivity index (χ3n) is 5.84. The van der Waals surface area contributed by atoms with Crippen LogP contribution in [0.4, 0.5) is 0 Å². The highest BCUT2D eigenvalue weighted by atomic mass is 14.4. The molecular weight excluding hydrogens is 368 g/mol. The van der Waals surface area contributed by atoms with E-state index in [1.165, 1.54) is 0 Å². The summed E-state index contributed by atoms with van der Waals surface area (Å²) >= 11 is 0. The zero-order chi connectivity index (χ0) is 20.8. The van der Waals surface area contributed by atoms with Gasteiger partial charge in [-0.05, 0) is 69.5 Å². The molecule has 0 radical (unpaired) electrons. The number of hydrogen-bond acceptors (Lipinski definition) is 4. The molecule has 2 aromatic rings. The van der Waals surface area contributed by atoms with Gasteiger partial charge in [-0.15, -0.1) is 0 Å². The lowest BCUT2D eigenvalue weighted by atomic mass is 9.93. The molecule has 136 valence electrons. The molecule has 3 aliphatic rings. The van der Waals surface area contributed by atoms with Gasteiger partial charge in [0, 0.05) is 11.1 Å². The van der Waals surface area contributed by atoms with Crippen molar-refractivity contribution in [3.05, 3.63) is 87.5 Å². The molecule has 0 unspecified atom stereocenters.